The number of hydrogen-bond donors (Lipinski definition) is 2. The molecule has 4 heteroatoms. The first-order chi connectivity index (χ1) is 10.1. The van der Waals surface area contributed by atoms with E-state index >= 15 is 0 Å². The number of amides is 1. The highest BCUT2D eigenvalue weighted by molar-refractivity contribution is 5.95. The molecule has 1 aromatic rings. The zero-order valence-electron chi connectivity index (χ0n) is 12.3. The summed E-state index contributed by atoms with van der Waals surface area (Å²) in [5.41, 5.74) is 2.32. The topological polar surface area (TPSA) is 66.4 Å². The van der Waals surface area contributed by atoms with Gasteiger partial charge in [-0.25, -0.2) is 4.79 Å². The van der Waals surface area contributed by atoms with Crippen molar-refractivity contribution in [3.8, 4) is 0 Å². The van der Waals surface area contributed by atoms with Crippen LogP contribution in [0.3, 0.4) is 0 Å². The molecule has 1 aliphatic rings. The molecule has 4 nitrogen and oxygen atoms in total. The van der Waals surface area contributed by atoms with Gasteiger partial charge in [-0.05, 0) is 48.6 Å². The van der Waals surface area contributed by atoms with Crippen molar-refractivity contribution in [1.29, 1.82) is 0 Å². The molecule has 1 amide bonds. The number of hydrogen-bond acceptors (Lipinski definition) is 2. The smallest absolute Gasteiger partial charge is 0.328 e. The first kappa shape index (κ1) is 15.3. The van der Waals surface area contributed by atoms with Crippen molar-refractivity contribution in [3.05, 3.63) is 41.0 Å². The van der Waals surface area contributed by atoms with Crippen molar-refractivity contribution in [2.75, 3.05) is 6.54 Å². The van der Waals surface area contributed by atoms with E-state index in [1.54, 1.807) is 18.2 Å². The normalized spacial score (nSPS) is 14.9. The van der Waals surface area contributed by atoms with E-state index in [0.29, 0.717) is 5.56 Å². The molecular formula is C17H21NO3. The molecule has 112 valence electrons. The quantitative estimate of drug-likeness (QED) is 0.790. The van der Waals surface area contributed by atoms with Gasteiger partial charge in [-0.15, -0.1) is 0 Å². The van der Waals surface area contributed by atoms with Crippen LogP contribution in [-0.2, 0) is 4.79 Å². The summed E-state index contributed by atoms with van der Waals surface area (Å²) in [6.45, 7) is 2.59. The lowest BCUT2D eigenvalue weighted by Gasteiger charge is -2.25. The number of aryl methyl sites for hydroxylation is 1. The van der Waals surface area contributed by atoms with Crippen LogP contribution in [0.25, 0.3) is 6.08 Å². The second-order valence-electron chi connectivity index (χ2n) is 5.58. The minimum atomic E-state index is -0.979. The number of nitrogens with one attached hydrogen (secondary N) is 1. The summed E-state index contributed by atoms with van der Waals surface area (Å²) in [5, 5.41) is 11.6. The van der Waals surface area contributed by atoms with Gasteiger partial charge in [0.2, 0.25) is 0 Å². The van der Waals surface area contributed by atoms with Crippen LogP contribution >= 0.6 is 0 Å². The minimum absolute atomic E-state index is 0.0637. The van der Waals surface area contributed by atoms with E-state index < -0.39 is 5.97 Å². The van der Waals surface area contributed by atoms with Gasteiger partial charge < -0.3 is 10.4 Å². The van der Waals surface area contributed by atoms with Gasteiger partial charge in [-0.2, -0.15) is 0 Å². The predicted molar refractivity (Wildman–Crippen MR) is 82.1 cm³/mol. The standard InChI is InChI=1S/C17H21NO3/c1-12-11-15(6-5-14(12)7-8-16(19)20)17(21)18-10-9-13-3-2-4-13/h5-8,11,13H,2-4,9-10H2,1H3,(H,18,21)(H,19,20)/b8-7+. The average Bonchev–Trinajstić information content (AvgIpc) is 2.39. The maximum atomic E-state index is 12.0. The number of aliphatic carboxylic acids is 1. The first-order valence-corrected chi connectivity index (χ1v) is 7.36. The van der Waals surface area contributed by atoms with Gasteiger partial charge in [0, 0.05) is 18.2 Å². The third kappa shape index (κ3) is 4.45. The van der Waals surface area contributed by atoms with Gasteiger partial charge >= 0.3 is 5.97 Å². The van der Waals surface area contributed by atoms with Crippen LogP contribution in [0.5, 0.6) is 0 Å². The van der Waals surface area contributed by atoms with Gasteiger partial charge in [0.25, 0.3) is 5.91 Å². The van der Waals surface area contributed by atoms with Gasteiger partial charge in [0.1, 0.15) is 0 Å². The number of carboxylic acids is 1. The van der Waals surface area contributed by atoms with Crippen molar-refractivity contribution in [1.82, 2.24) is 5.32 Å². The number of carboxylic acid groups (broad SMARTS) is 1. The largest absolute Gasteiger partial charge is 0.478 e. The van der Waals surface area contributed by atoms with Gasteiger partial charge in [-0.3, -0.25) is 4.79 Å². The third-order valence-electron chi connectivity index (χ3n) is 4.00. The molecule has 0 saturated heterocycles. The molecule has 1 saturated carbocycles. The third-order valence-corrected chi connectivity index (χ3v) is 4.00. The number of rotatable bonds is 6. The summed E-state index contributed by atoms with van der Waals surface area (Å²) in [4.78, 5) is 22.5. The molecule has 1 fully saturated rings. The Balaban J connectivity index is 1.91. The van der Waals surface area contributed by atoms with E-state index in [1.807, 2.05) is 6.92 Å². The molecule has 21 heavy (non-hydrogen) atoms. The second kappa shape index (κ2) is 7.07. The molecule has 0 aliphatic heterocycles. The number of benzene rings is 1. The number of carbonyl (C=O) groups excluding carboxylic acids is 1. The lowest BCUT2D eigenvalue weighted by Crippen LogP contribution is -2.27. The van der Waals surface area contributed by atoms with E-state index in [9.17, 15) is 9.59 Å². The van der Waals surface area contributed by atoms with Crippen LogP contribution in [0.15, 0.2) is 24.3 Å². The van der Waals surface area contributed by atoms with Crippen LogP contribution in [0.2, 0.25) is 0 Å². The molecule has 2 rings (SSSR count). The maximum Gasteiger partial charge on any atom is 0.328 e. The van der Waals surface area contributed by atoms with E-state index in [4.69, 9.17) is 5.11 Å². The second-order valence-corrected chi connectivity index (χ2v) is 5.58. The summed E-state index contributed by atoms with van der Waals surface area (Å²) in [7, 11) is 0. The molecule has 0 spiro atoms. The maximum absolute atomic E-state index is 12.0. The Hall–Kier alpha value is -2.10. The van der Waals surface area contributed by atoms with Crippen LogP contribution in [0.1, 0.15) is 47.2 Å². The lowest BCUT2D eigenvalue weighted by atomic mass is 9.83. The fraction of sp³-hybridized carbons (Fsp3) is 0.412. The number of carbonyl (C=O) groups is 2. The molecule has 0 unspecified atom stereocenters. The first-order valence-electron chi connectivity index (χ1n) is 7.36. The van der Waals surface area contributed by atoms with Gasteiger partial charge in [-0.1, -0.05) is 25.3 Å². The fourth-order valence-corrected chi connectivity index (χ4v) is 2.44. The lowest BCUT2D eigenvalue weighted by molar-refractivity contribution is -0.131. The molecule has 0 aromatic heterocycles. The van der Waals surface area contributed by atoms with E-state index in [1.165, 1.54) is 25.3 Å². The molecule has 2 N–H and O–H groups in total. The Bertz CT molecular complexity index is 559. The Labute approximate surface area is 124 Å². The summed E-state index contributed by atoms with van der Waals surface area (Å²) in [6, 6.07) is 5.29. The predicted octanol–water partition coefficient (Wildman–Crippen LogP) is 3.01. The van der Waals surface area contributed by atoms with Crippen LogP contribution in [0, 0.1) is 12.8 Å². The zero-order valence-corrected chi connectivity index (χ0v) is 12.3. The van der Waals surface area contributed by atoms with Crippen molar-refractivity contribution >= 4 is 18.0 Å². The van der Waals surface area contributed by atoms with Crippen LogP contribution in [-0.4, -0.2) is 23.5 Å². The summed E-state index contributed by atoms with van der Waals surface area (Å²) in [6.07, 6.45) is 7.60. The molecule has 0 radical (unpaired) electrons. The fourth-order valence-electron chi connectivity index (χ4n) is 2.44. The minimum Gasteiger partial charge on any atom is -0.478 e. The summed E-state index contributed by atoms with van der Waals surface area (Å²) >= 11 is 0. The molecule has 0 bridgehead atoms. The summed E-state index contributed by atoms with van der Waals surface area (Å²) < 4.78 is 0. The molecule has 0 heterocycles. The van der Waals surface area contributed by atoms with E-state index in [2.05, 4.69) is 5.32 Å². The average molecular weight is 287 g/mol. The van der Waals surface area contributed by atoms with Crippen LogP contribution in [0.4, 0.5) is 0 Å². The highest BCUT2D eigenvalue weighted by Crippen LogP contribution is 2.28. The van der Waals surface area contributed by atoms with Gasteiger partial charge in [0.05, 0.1) is 0 Å². The van der Waals surface area contributed by atoms with Crippen molar-refractivity contribution < 1.29 is 14.7 Å². The Morgan fingerprint density at radius 1 is 1.38 bits per heavy atom. The van der Waals surface area contributed by atoms with Crippen molar-refractivity contribution in [3.63, 3.8) is 0 Å². The molecular weight excluding hydrogens is 266 g/mol. The molecule has 1 aromatic carbocycles. The van der Waals surface area contributed by atoms with E-state index in [-0.39, 0.29) is 5.91 Å². The molecule has 0 atom stereocenters. The Kier molecular flexibility index (Phi) is 5.14. The monoisotopic (exact) mass is 287 g/mol. The van der Waals surface area contributed by atoms with E-state index in [0.717, 1.165) is 36.1 Å². The summed E-state index contributed by atoms with van der Waals surface area (Å²) in [5.74, 6) is -0.256. The highest BCUT2D eigenvalue weighted by atomic mass is 16.4. The van der Waals surface area contributed by atoms with Gasteiger partial charge in [0.15, 0.2) is 0 Å². The van der Waals surface area contributed by atoms with Crippen LogP contribution < -0.4 is 5.32 Å². The highest BCUT2D eigenvalue weighted by Gasteiger charge is 2.17. The Morgan fingerprint density at radius 2 is 2.14 bits per heavy atom. The van der Waals surface area contributed by atoms with Crippen molar-refractivity contribution in [2.45, 2.75) is 32.6 Å². The SMILES string of the molecule is Cc1cc(C(=O)NCCC2CCC2)ccc1/C=C/C(=O)O. The zero-order chi connectivity index (χ0) is 15.2. The Morgan fingerprint density at radius 3 is 2.71 bits per heavy atom. The molecule has 1 aliphatic carbocycles. The van der Waals surface area contributed by atoms with Crippen molar-refractivity contribution in [2.24, 2.45) is 5.92 Å².